The molecule has 4 amide bonds. The second kappa shape index (κ2) is 9.76. The van der Waals surface area contributed by atoms with Gasteiger partial charge in [-0.3, -0.25) is 20.2 Å². The Balaban J connectivity index is 1.21. The van der Waals surface area contributed by atoms with Gasteiger partial charge in [-0.05, 0) is 86.2 Å². The van der Waals surface area contributed by atoms with E-state index in [-0.39, 0.29) is 0 Å². The van der Waals surface area contributed by atoms with Gasteiger partial charge >= 0.3 is 6.03 Å². The molecule has 0 radical (unpaired) electrons. The van der Waals surface area contributed by atoms with Crippen LogP contribution in [0.4, 0.5) is 21.9 Å². The molecule has 6 rings (SSSR count). The number of benzene rings is 2. The zero-order valence-corrected chi connectivity index (χ0v) is 21.1. The highest BCUT2D eigenvalue weighted by Crippen LogP contribution is 2.38. The molecule has 196 valence electrons. The Morgan fingerprint density at radius 2 is 1.67 bits per heavy atom. The van der Waals surface area contributed by atoms with E-state index in [0.29, 0.717) is 42.3 Å². The van der Waals surface area contributed by atoms with E-state index >= 15 is 0 Å². The van der Waals surface area contributed by atoms with Crippen molar-refractivity contribution in [1.82, 2.24) is 15.6 Å². The molecule has 2 N–H and O–H groups in total. The number of imide groups is 2. The first kappa shape index (κ1) is 24.4. The van der Waals surface area contributed by atoms with Gasteiger partial charge in [-0.25, -0.2) is 9.78 Å². The van der Waals surface area contributed by atoms with Crippen LogP contribution < -0.4 is 25.2 Å². The second-order valence-corrected chi connectivity index (χ2v) is 9.87. The molecule has 1 aromatic heterocycles. The third-order valence-electron chi connectivity index (χ3n) is 7.57. The number of carbonyl (C=O) groups excluding carboxylic acids is 3. The molecule has 10 nitrogen and oxygen atoms in total. The number of hydrogen-bond acceptors (Lipinski definition) is 8. The molecule has 0 unspecified atom stereocenters. The van der Waals surface area contributed by atoms with Crippen molar-refractivity contribution in [2.24, 2.45) is 0 Å². The lowest BCUT2D eigenvalue weighted by Gasteiger charge is -2.38. The molecule has 3 aromatic rings. The van der Waals surface area contributed by atoms with Gasteiger partial charge in [0.2, 0.25) is 5.88 Å². The van der Waals surface area contributed by atoms with Gasteiger partial charge in [-0.15, -0.1) is 0 Å². The maximum absolute atomic E-state index is 12.7. The van der Waals surface area contributed by atoms with Gasteiger partial charge in [0.15, 0.2) is 5.54 Å². The van der Waals surface area contributed by atoms with Crippen molar-refractivity contribution < 1.29 is 19.1 Å². The van der Waals surface area contributed by atoms with Gasteiger partial charge < -0.3 is 14.5 Å². The van der Waals surface area contributed by atoms with Gasteiger partial charge in [-0.2, -0.15) is 5.26 Å². The predicted octanol–water partition coefficient (Wildman–Crippen LogP) is 3.92. The normalized spacial score (nSPS) is 18.2. The molecule has 0 aliphatic carbocycles. The van der Waals surface area contributed by atoms with E-state index < -0.39 is 23.4 Å². The fourth-order valence-electron chi connectivity index (χ4n) is 5.68. The number of barbiturate groups is 1. The van der Waals surface area contributed by atoms with Gasteiger partial charge in [-0.1, -0.05) is 0 Å². The summed E-state index contributed by atoms with van der Waals surface area (Å²) in [5, 5.41) is 13.6. The summed E-state index contributed by atoms with van der Waals surface area (Å²) in [6.45, 7) is 1.38. The maximum Gasteiger partial charge on any atom is 0.328 e. The molecular formula is C29H26N6O4. The second-order valence-electron chi connectivity index (χ2n) is 9.87. The van der Waals surface area contributed by atoms with Crippen molar-refractivity contribution >= 4 is 34.9 Å². The fourth-order valence-corrected chi connectivity index (χ4v) is 5.68. The number of nitrogens with zero attached hydrogens (tertiary/aromatic N) is 4. The van der Waals surface area contributed by atoms with E-state index in [2.05, 4.69) is 32.7 Å². The lowest BCUT2D eigenvalue weighted by Crippen LogP contribution is -2.71. The van der Waals surface area contributed by atoms with Crippen LogP contribution in [0.15, 0.2) is 60.8 Å². The van der Waals surface area contributed by atoms with Crippen molar-refractivity contribution in [3.63, 3.8) is 0 Å². The summed E-state index contributed by atoms with van der Waals surface area (Å²) in [6, 6.07) is 18.5. The Bertz CT molecular complexity index is 1480. The quantitative estimate of drug-likeness (QED) is 0.494. The Labute approximate surface area is 225 Å². The first-order valence-corrected chi connectivity index (χ1v) is 13.0. The molecule has 3 aliphatic rings. The number of carbonyl (C=O) groups is 3. The zero-order valence-electron chi connectivity index (χ0n) is 21.1. The Morgan fingerprint density at radius 1 is 0.897 bits per heavy atom. The summed E-state index contributed by atoms with van der Waals surface area (Å²) in [7, 11) is 0. The lowest BCUT2D eigenvalue weighted by atomic mass is 9.92. The van der Waals surface area contributed by atoms with Crippen molar-refractivity contribution in [2.75, 3.05) is 22.9 Å². The first-order valence-electron chi connectivity index (χ1n) is 13.0. The zero-order chi connectivity index (χ0) is 27.0. The van der Waals surface area contributed by atoms with Crippen LogP contribution in [0.25, 0.3) is 0 Å². The number of nitriles is 1. The minimum Gasteiger partial charge on any atom is -0.439 e. The minimum absolute atomic E-state index is 0.310. The van der Waals surface area contributed by atoms with Crippen LogP contribution in [0.2, 0.25) is 0 Å². The standard InChI is InChI=1S/C29H26N6O4/c30-17-19-5-7-21(8-6-19)34-14-2-1-4-20-16-23(10-11-24(20)34)39-25-12-9-22(18-31-25)35-15-3-13-29(35)26(36)32-28(38)33-27(29)37/h5-12,16,18H,1-4,13-15H2,(H2,32,33,36,37,38). The number of hydrogen-bond donors (Lipinski definition) is 2. The molecule has 1 spiro atoms. The van der Waals surface area contributed by atoms with Crippen molar-refractivity contribution in [3.05, 3.63) is 71.9 Å². The fraction of sp³-hybridized carbons (Fsp3) is 0.276. The molecular weight excluding hydrogens is 496 g/mol. The van der Waals surface area contributed by atoms with Gasteiger partial charge in [0.05, 0.1) is 23.5 Å². The molecule has 0 bridgehead atoms. The summed E-state index contributed by atoms with van der Waals surface area (Å²) >= 11 is 0. The van der Waals surface area contributed by atoms with Crippen LogP contribution in [0, 0.1) is 11.3 Å². The topological polar surface area (TPSA) is 128 Å². The van der Waals surface area contributed by atoms with Gasteiger partial charge in [0.25, 0.3) is 11.8 Å². The van der Waals surface area contributed by atoms with Crippen LogP contribution in [-0.2, 0) is 16.0 Å². The monoisotopic (exact) mass is 522 g/mol. The number of amides is 4. The molecule has 2 saturated heterocycles. The number of urea groups is 1. The third-order valence-corrected chi connectivity index (χ3v) is 7.57. The van der Waals surface area contributed by atoms with E-state index in [4.69, 9.17) is 10.00 Å². The van der Waals surface area contributed by atoms with E-state index in [1.807, 2.05) is 36.4 Å². The summed E-state index contributed by atoms with van der Waals surface area (Å²) in [6.07, 6.45) is 5.55. The minimum atomic E-state index is -1.46. The summed E-state index contributed by atoms with van der Waals surface area (Å²) in [5.41, 5.74) is 3.11. The van der Waals surface area contributed by atoms with Crippen LogP contribution in [0.5, 0.6) is 11.6 Å². The summed E-state index contributed by atoms with van der Waals surface area (Å²) < 4.78 is 6.08. The highest BCUT2D eigenvalue weighted by Gasteiger charge is 2.57. The van der Waals surface area contributed by atoms with E-state index in [1.54, 1.807) is 23.2 Å². The van der Waals surface area contributed by atoms with Gasteiger partial charge in [0, 0.05) is 30.5 Å². The molecule has 2 aromatic carbocycles. The SMILES string of the molecule is N#Cc1ccc(N2CCCCc3cc(Oc4ccc(N5CCCC56C(=O)NC(=O)NC6=O)cn4)ccc32)cc1. The van der Waals surface area contributed by atoms with Crippen LogP contribution in [-0.4, -0.2) is 41.5 Å². The van der Waals surface area contributed by atoms with Gasteiger partial charge in [0.1, 0.15) is 5.75 Å². The molecule has 10 heteroatoms. The Kier molecular flexibility index (Phi) is 6.11. The average molecular weight is 523 g/mol. The Morgan fingerprint density at radius 3 is 2.38 bits per heavy atom. The molecule has 39 heavy (non-hydrogen) atoms. The molecule has 4 heterocycles. The predicted molar refractivity (Wildman–Crippen MR) is 143 cm³/mol. The van der Waals surface area contributed by atoms with Crippen LogP contribution in [0.1, 0.15) is 36.8 Å². The molecule has 2 fully saturated rings. The smallest absolute Gasteiger partial charge is 0.328 e. The van der Waals surface area contributed by atoms with Crippen LogP contribution >= 0.6 is 0 Å². The molecule has 3 aliphatic heterocycles. The van der Waals surface area contributed by atoms with Crippen molar-refractivity contribution in [2.45, 2.75) is 37.6 Å². The van der Waals surface area contributed by atoms with E-state index in [1.165, 1.54) is 5.56 Å². The number of ether oxygens (including phenoxy) is 1. The summed E-state index contributed by atoms with van der Waals surface area (Å²) in [5.74, 6) is -0.182. The number of fused-ring (bicyclic) bond motifs is 1. The Hall–Kier alpha value is -4.91. The van der Waals surface area contributed by atoms with Crippen molar-refractivity contribution in [1.29, 1.82) is 5.26 Å². The first-order chi connectivity index (χ1) is 19.0. The van der Waals surface area contributed by atoms with Crippen LogP contribution in [0.3, 0.4) is 0 Å². The van der Waals surface area contributed by atoms with Crippen molar-refractivity contribution in [3.8, 4) is 17.7 Å². The third kappa shape index (κ3) is 4.32. The number of nitrogens with one attached hydrogen (secondary N) is 2. The number of aryl methyl sites for hydroxylation is 1. The number of rotatable bonds is 4. The van der Waals surface area contributed by atoms with E-state index in [0.717, 1.165) is 37.2 Å². The highest BCUT2D eigenvalue weighted by molar-refractivity contribution is 6.24. The lowest BCUT2D eigenvalue weighted by molar-refractivity contribution is -0.137. The maximum atomic E-state index is 12.7. The number of anilines is 3. The molecule has 0 atom stereocenters. The average Bonchev–Trinajstić information content (AvgIpc) is 3.29. The summed E-state index contributed by atoms with van der Waals surface area (Å²) in [4.78, 5) is 45.4. The van der Waals surface area contributed by atoms with E-state index in [9.17, 15) is 14.4 Å². The number of pyridine rings is 1. The highest BCUT2D eigenvalue weighted by atomic mass is 16.5. The largest absolute Gasteiger partial charge is 0.439 e. The molecule has 0 saturated carbocycles. The number of aromatic nitrogens is 1.